The molecular formula is C3H7O2Rf-. The van der Waals surface area contributed by atoms with Gasteiger partial charge in [0, 0.05) is 6.61 Å². The summed E-state index contributed by atoms with van der Waals surface area (Å²) in [6.07, 6.45) is -0.810. The molecule has 0 heterocycles. The number of aliphatic hydroxyl groups is 2. The Bertz CT molecular complexity index is 22.8. The summed E-state index contributed by atoms with van der Waals surface area (Å²) in [7, 11) is 0. The summed E-state index contributed by atoms with van der Waals surface area (Å²) in [6.45, 7) is 2.81. The van der Waals surface area contributed by atoms with E-state index < -0.39 is 6.10 Å². The molecule has 0 aliphatic heterocycles. The number of rotatable bonds is 1. The van der Waals surface area contributed by atoms with Gasteiger partial charge in [0.05, 0.1) is 0 Å². The minimum absolute atomic E-state index is 0. The summed E-state index contributed by atoms with van der Waals surface area (Å²) in [5, 5.41) is 15.8. The molecule has 34 valence electrons. The fraction of sp³-hybridized carbons (Fsp3) is 0.667. The predicted molar refractivity (Wildman–Crippen MR) is 18.4 cm³/mol. The molecule has 1 unspecified atom stereocenters. The molecule has 6 heavy (non-hydrogen) atoms. The van der Waals surface area contributed by atoms with Gasteiger partial charge in [-0.15, -0.1) is 0 Å². The van der Waals surface area contributed by atoms with Crippen LogP contribution in [-0.2, 0) is 0 Å². The number of hydrogen-bond acceptors (Lipinski definition) is 2. The molecule has 1 atom stereocenters. The second-order valence-corrected chi connectivity index (χ2v) is 0.836. The van der Waals surface area contributed by atoms with E-state index in [1.54, 1.807) is 0 Å². The van der Waals surface area contributed by atoms with Gasteiger partial charge in [0.2, 0.25) is 0 Å². The largest absolute Gasteiger partial charge is 0.423 e. The Kier molecular flexibility index (Phi) is 5.79. The Morgan fingerprint density at radius 3 is 1.83 bits per heavy atom. The van der Waals surface area contributed by atoms with Gasteiger partial charge in [-0.3, -0.25) is 0 Å². The van der Waals surface area contributed by atoms with Crippen LogP contribution < -0.4 is 0 Å². The maximum Gasteiger partial charge on any atom is 0.0408 e. The maximum atomic E-state index is 8.00. The van der Waals surface area contributed by atoms with Crippen LogP contribution >= 0.6 is 0 Å². The van der Waals surface area contributed by atoms with Crippen molar-refractivity contribution in [2.75, 3.05) is 6.61 Å². The number of hydrogen-bond donors (Lipinski definition) is 2. The van der Waals surface area contributed by atoms with Crippen LogP contribution in [0, 0.1) is 6.92 Å². The van der Waals surface area contributed by atoms with Crippen molar-refractivity contribution >= 4 is 0 Å². The monoisotopic (exact) mass is 342 g/mol. The molecule has 0 saturated carbocycles. The van der Waals surface area contributed by atoms with E-state index in [4.69, 9.17) is 10.2 Å². The second-order valence-electron chi connectivity index (χ2n) is 0.836. The summed E-state index contributed by atoms with van der Waals surface area (Å²) < 4.78 is 0. The molecule has 0 amide bonds. The molecule has 0 aliphatic carbocycles. The third kappa shape index (κ3) is 12.7. The minimum atomic E-state index is -0.810. The Balaban J connectivity index is 0. The van der Waals surface area contributed by atoms with Gasteiger partial charge in [-0.2, -0.15) is 0 Å². The molecule has 2 nitrogen and oxygen atoms in total. The first-order valence-electron chi connectivity index (χ1n) is 1.39. The zero-order valence-corrected chi connectivity index (χ0v) is 9.99. The van der Waals surface area contributed by atoms with Crippen molar-refractivity contribution in [1.29, 1.82) is 0 Å². The molecule has 0 saturated heterocycles. The van der Waals surface area contributed by atoms with Gasteiger partial charge < -0.3 is 17.1 Å². The van der Waals surface area contributed by atoms with Gasteiger partial charge in [-0.05, 0) is 6.10 Å². The summed E-state index contributed by atoms with van der Waals surface area (Å²) in [6, 6.07) is 0. The predicted octanol–water partition coefficient (Wildman–Crippen LogP) is -0.826. The molecule has 0 radical (unpaired) electrons. The van der Waals surface area contributed by atoms with Gasteiger partial charge in [-0.25, -0.2) is 0 Å². The van der Waals surface area contributed by atoms with Crippen LogP contribution in [-0.4, -0.2) is 22.9 Å². The van der Waals surface area contributed by atoms with E-state index in [1.807, 2.05) is 0 Å². The van der Waals surface area contributed by atoms with Crippen molar-refractivity contribution in [2.24, 2.45) is 0 Å². The van der Waals surface area contributed by atoms with Gasteiger partial charge in [0.25, 0.3) is 0 Å². The van der Waals surface area contributed by atoms with Crippen molar-refractivity contribution in [1.82, 2.24) is 0 Å². The SMILES string of the molecule is [CH2-]C(O)CO.[Rf]. The van der Waals surface area contributed by atoms with Crippen LogP contribution in [0.4, 0.5) is 0 Å². The van der Waals surface area contributed by atoms with Gasteiger partial charge in [0.15, 0.2) is 0 Å². The van der Waals surface area contributed by atoms with E-state index in [0.29, 0.717) is 0 Å². The van der Waals surface area contributed by atoms with Crippen LogP contribution in [0.1, 0.15) is 0 Å². The molecule has 0 fully saturated rings. The molecule has 0 spiro atoms. The summed E-state index contributed by atoms with van der Waals surface area (Å²) >= 11 is 0. The van der Waals surface area contributed by atoms with Crippen LogP contribution in [0.2, 0.25) is 0 Å². The van der Waals surface area contributed by atoms with Crippen molar-refractivity contribution in [2.45, 2.75) is 6.10 Å². The van der Waals surface area contributed by atoms with E-state index in [1.165, 1.54) is 0 Å². The molecule has 2 N–H and O–H groups in total. The summed E-state index contributed by atoms with van der Waals surface area (Å²) in [5.74, 6) is 0. The van der Waals surface area contributed by atoms with Crippen molar-refractivity contribution in [3.05, 3.63) is 6.92 Å². The zero-order chi connectivity index (χ0) is 4.28. The smallest absolute Gasteiger partial charge is 0.0408 e. The van der Waals surface area contributed by atoms with E-state index in [-0.39, 0.29) is 6.61 Å². The second kappa shape index (κ2) is 3.92. The standard InChI is InChI=1S/C3H7O2.Rf/c1-3(5)2-4;/h3-5H,1-2H2;/q-1;. The van der Waals surface area contributed by atoms with Gasteiger partial charge in [-0.1, -0.05) is 0 Å². The molecule has 0 aromatic carbocycles. The van der Waals surface area contributed by atoms with E-state index in [9.17, 15) is 0 Å². The zero-order valence-electron chi connectivity index (χ0n) is 3.59. The van der Waals surface area contributed by atoms with Crippen molar-refractivity contribution < 1.29 is 10.2 Å². The van der Waals surface area contributed by atoms with Gasteiger partial charge >= 0.3 is 0 Å². The van der Waals surface area contributed by atoms with Crippen molar-refractivity contribution in [3.8, 4) is 0 Å². The third-order valence-corrected chi connectivity index (χ3v) is 0.211. The Hall–Kier alpha value is -1.08. The van der Waals surface area contributed by atoms with E-state index in [0.717, 1.165) is 0 Å². The average molecular weight is 342 g/mol. The summed E-state index contributed by atoms with van der Waals surface area (Å²) in [4.78, 5) is 0. The maximum absolute atomic E-state index is 8.00. The molecular weight excluding hydrogens is 335 g/mol. The first-order chi connectivity index (χ1) is 2.27. The Labute approximate surface area is 31.1 Å². The van der Waals surface area contributed by atoms with E-state index in [2.05, 4.69) is 6.92 Å². The molecule has 3 heteroatoms. The van der Waals surface area contributed by atoms with Crippen LogP contribution in [0.5, 0.6) is 0 Å². The fourth-order valence-electron chi connectivity index (χ4n) is 0. The summed E-state index contributed by atoms with van der Waals surface area (Å²) in [5.41, 5.74) is 0. The van der Waals surface area contributed by atoms with Crippen LogP contribution in [0.25, 0.3) is 0 Å². The van der Waals surface area contributed by atoms with Crippen molar-refractivity contribution in [3.63, 3.8) is 0 Å². The quantitative estimate of drug-likeness (QED) is 0.611. The Morgan fingerprint density at radius 2 is 1.83 bits per heavy atom. The topological polar surface area (TPSA) is 40.5 Å². The minimum Gasteiger partial charge on any atom is -0.423 e. The van der Waals surface area contributed by atoms with Gasteiger partial charge in [0.1, 0.15) is 0 Å². The molecule has 0 aliphatic rings. The van der Waals surface area contributed by atoms with E-state index >= 15 is 0 Å². The first-order valence-corrected chi connectivity index (χ1v) is 1.39. The van der Waals surface area contributed by atoms with Crippen LogP contribution in [0.3, 0.4) is 0 Å². The third-order valence-electron chi connectivity index (χ3n) is 0.211. The Morgan fingerprint density at radius 1 is 1.67 bits per heavy atom. The normalized spacial score (nSPS) is 12.5. The molecule has 0 aromatic heterocycles. The first kappa shape index (κ1) is 8.87. The molecule has 0 rings (SSSR count). The van der Waals surface area contributed by atoms with Crippen LogP contribution in [0.15, 0.2) is 0 Å². The fourth-order valence-corrected chi connectivity index (χ4v) is 0. The molecule has 0 bridgehead atoms. The average Bonchev–Trinajstić information content (AvgIpc) is 1.38. The molecule has 0 aromatic rings. The number of aliphatic hydroxyl groups excluding tert-OH is 2.